The zero-order chi connectivity index (χ0) is 16.1. The molecule has 0 fully saturated rings. The fraction of sp³-hybridized carbons (Fsp3) is 0.167. The highest BCUT2D eigenvalue weighted by molar-refractivity contribution is 6.37. The van der Waals surface area contributed by atoms with Crippen molar-refractivity contribution in [3.8, 4) is 0 Å². The molecule has 0 aliphatic rings. The first kappa shape index (κ1) is 15.6. The van der Waals surface area contributed by atoms with Crippen LogP contribution in [-0.2, 0) is 16.0 Å². The molecule has 1 N–H and O–H groups in total. The second kappa shape index (κ2) is 6.80. The Kier molecular flexibility index (Phi) is 4.84. The summed E-state index contributed by atoms with van der Waals surface area (Å²) in [5.74, 6) is -3.14. The molecule has 0 radical (unpaired) electrons. The molecule has 0 heterocycles. The van der Waals surface area contributed by atoms with E-state index in [4.69, 9.17) is 5.11 Å². The molecule has 22 heavy (non-hydrogen) atoms. The average Bonchev–Trinajstić information content (AvgIpc) is 2.49. The summed E-state index contributed by atoms with van der Waals surface area (Å²) in [4.78, 5) is 33.6. The molecule has 0 atom stereocenters. The molecular weight excluding hydrogens is 280 g/mol. The van der Waals surface area contributed by atoms with Gasteiger partial charge in [0.25, 0.3) is 0 Å². The standard InChI is InChI=1S/C18H16O4/c1-12-5-2-3-7-14(12)9-13-6-4-8-15(10-13)16(19)11-17(20)18(21)22/h2-8,10H,9,11H2,1H3,(H,21,22). The van der Waals surface area contributed by atoms with Gasteiger partial charge >= 0.3 is 5.97 Å². The van der Waals surface area contributed by atoms with E-state index in [1.165, 1.54) is 5.56 Å². The Labute approximate surface area is 128 Å². The van der Waals surface area contributed by atoms with Crippen molar-refractivity contribution in [1.82, 2.24) is 0 Å². The number of hydrogen-bond acceptors (Lipinski definition) is 3. The zero-order valence-corrected chi connectivity index (χ0v) is 12.2. The molecule has 0 spiro atoms. The number of carbonyl (C=O) groups excluding carboxylic acids is 2. The lowest BCUT2D eigenvalue weighted by molar-refractivity contribution is -0.148. The molecule has 0 aliphatic carbocycles. The molecule has 112 valence electrons. The molecular formula is C18H16O4. The van der Waals surface area contributed by atoms with Crippen molar-refractivity contribution in [3.05, 3.63) is 70.8 Å². The van der Waals surface area contributed by atoms with Gasteiger partial charge in [0.1, 0.15) is 0 Å². The third-order valence-corrected chi connectivity index (χ3v) is 3.46. The average molecular weight is 296 g/mol. The number of carboxylic acids is 1. The minimum Gasteiger partial charge on any atom is -0.475 e. The number of benzene rings is 2. The summed E-state index contributed by atoms with van der Waals surface area (Å²) < 4.78 is 0. The lowest BCUT2D eigenvalue weighted by atomic mass is 9.97. The highest BCUT2D eigenvalue weighted by Gasteiger charge is 2.17. The SMILES string of the molecule is Cc1ccccc1Cc1cccc(C(=O)CC(=O)C(=O)O)c1. The predicted molar refractivity (Wildman–Crippen MR) is 82.0 cm³/mol. The lowest BCUT2D eigenvalue weighted by Crippen LogP contribution is -2.17. The molecule has 4 heteroatoms. The van der Waals surface area contributed by atoms with Gasteiger partial charge < -0.3 is 5.11 Å². The summed E-state index contributed by atoms with van der Waals surface area (Å²) in [6, 6.07) is 14.9. The maximum absolute atomic E-state index is 11.9. The third-order valence-electron chi connectivity index (χ3n) is 3.46. The van der Waals surface area contributed by atoms with E-state index in [9.17, 15) is 14.4 Å². The van der Waals surface area contributed by atoms with Crippen LogP contribution in [0.2, 0.25) is 0 Å². The van der Waals surface area contributed by atoms with E-state index >= 15 is 0 Å². The topological polar surface area (TPSA) is 71.4 Å². The largest absolute Gasteiger partial charge is 0.475 e. The Morgan fingerprint density at radius 3 is 2.41 bits per heavy atom. The van der Waals surface area contributed by atoms with Crippen LogP contribution >= 0.6 is 0 Å². The summed E-state index contributed by atoms with van der Waals surface area (Å²) in [6.45, 7) is 2.02. The molecule has 2 aromatic carbocycles. The minimum atomic E-state index is -1.58. The fourth-order valence-electron chi connectivity index (χ4n) is 2.21. The summed E-state index contributed by atoms with van der Waals surface area (Å²) in [5.41, 5.74) is 3.64. The molecule has 0 amide bonds. The second-order valence-electron chi connectivity index (χ2n) is 5.13. The van der Waals surface area contributed by atoms with Crippen molar-refractivity contribution in [1.29, 1.82) is 0 Å². The van der Waals surface area contributed by atoms with Crippen LogP contribution in [0.4, 0.5) is 0 Å². The van der Waals surface area contributed by atoms with Gasteiger partial charge in [-0.05, 0) is 36.1 Å². The van der Waals surface area contributed by atoms with Gasteiger partial charge in [0.2, 0.25) is 5.78 Å². The number of carboxylic acid groups (broad SMARTS) is 1. The Morgan fingerprint density at radius 2 is 1.73 bits per heavy atom. The van der Waals surface area contributed by atoms with Gasteiger partial charge in [-0.25, -0.2) is 4.79 Å². The van der Waals surface area contributed by atoms with Crippen molar-refractivity contribution in [2.45, 2.75) is 19.8 Å². The van der Waals surface area contributed by atoms with Gasteiger partial charge in [0.15, 0.2) is 5.78 Å². The first-order valence-corrected chi connectivity index (χ1v) is 6.90. The Morgan fingerprint density at radius 1 is 1.00 bits per heavy atom. The van der Waals surface area contributed by atoms with Gasteiger partial charge in [-0.1, -0.05) is 42.5 Å². The van der Waals surface area contributed by atoms with E-state index in [1.807, 2.05) is 37.3 Å². The fourth-order valence-corrected chi connectivity index (χ4v) is 2.21. The number of ketones is 2. The normalized spacial score (nSPS) is 10.2. The van der Waals surface area contributed by atoms with E-state index in [2.05, 4.69) is 0 Å². The van der Waals surface area contributed by atoms with Crippen LogP contribution in [0.5, 0.6) is 0 Å². The van der Waals surface area contributed by atoms with E-state index in [0.717, 1.165) is 11.1 Å². The number of aliphatic carboxylic acids is 1. The van der Waals surface area contributed by atoms with Crippen LogP contribution in [0.25, 0.3) is 0 Å². The second-order valence-corrected chi connectivity index (χ2v) is 5.13. The number of hydrogen-bond donors (Lipinski definition) is 1. The summed E-state index contributed by atoms with van der Waals surface area (Å²) >= 11 is 0. The lowest BCUT2D eigenvalue weighted by Gasteiger charge is -2.07. The quantitative estimate of drug-likeness (QED) is 0.505. The maximum Gasteiger partial charge on any atom is 0.372 e. The molecule has 0 aliphatic heterocycles. The van der Waals surface area contributed by atoms with Crippen LogP contribution in [0.3, 0.4) is 0 Å². The summed E-state index contributed by atoms with van der Waals surface area (Å²) in [5, 5.41) is 8.56. The molecule has 2 aromatic rings. The van der Waals surface area contributed by atoms with Crippen LogP contribution < -0.4 is 0 Å². The minimum absolute atomic E-state index is 0.362. The van der Waals surface area contributed by atoms with E-state index in [0.29, 0.717) is 12.0 Å². The van der Waals surface area contributed by atoms with E-state index in [1.54, 1.807) is 18.2 Å². The van der Waals surface area contributed by atoms with Crippen LogP contribution in [0.1, 0.15) is 33.5 Å². The zero-order valence-electron chi connectivity index (χ0n) is 12.2. The molecule has 4 nitrogen and oxygen atoms in total. The van der Waals surface area contributed by atoms with E-state index < -0.39 is 24.0 Å². The number of Topliss-reactive ketones (excluding diaryl/α,β-unsaturated/α-hetero) is 2. The highest BCUT2D eigenvalue weighted by Crippen LogP contribution is 2.15. The smallest absolute Gasteiger partial charge is 0.372 e. The number of carbonyl (C=O) groups is 3. The van der Waals surface area contributed by atoms with Crippen molar-refractivity contribution < 1.29 is 19.5 Å². The molecule has 0 unspecified atom stereocenters. The van der Waals surface area contributed by atoms with Gasteiger partial charge in [-0.2, -0.15) is 0 Å². The van der Waals surface area contributed by atoms with E-state index in [-0.39, 0.29) is 0 Å². The molecule has 0 aromatic heterocycles. The highest BCUT2D eigenvalue weighted by atomic mass is 16.4. The first-order valence-electron chi connectivity index (χ1n) is 6.90. The molecule has 0 bridgehead atoms. The van der Waals surface area contributed by atoms with Crippen molar-refractivity contribution in [2.24, 2.45) is 0 Å². The van der Waals surface area contributed by atoms with Gasteiger partial charge in [-0.3, -0.25) is 9.59 Å². The maximum atomic E-state index is 11.9. The molecule has 0 saturated carbocycles. The third kappa shape index (κ3) is 3.88. The van der Waals surface area contributed by atoms with Gasteiger partial charge in [0, 0.05) is 5.56 Å². The van der Waals surface area contributed by atoms with Gasteiger partial charge in [-0.15, -0.1) is 0 Å². The Balaban J connectivity index is 2.16. The van der Waals surface area contributed by atoms with Crippen molar-refractivity contribution in [2.75, 3.05) is 0 Å². The predicted octanol–water partition coefficient (Wildman–Crippen LogP) is 2.81. The van der Waals surface area contributed by atoms with Crippen molar-refractivity contribution in [3.63, 3.8) is 0 Å². The van der Waals surface area contributed by atoms with Crippen LogP contribution in [0.15, 0.2) is 48.5 Å². The number of aryl methyl sites for hydroxylation is 1. The molecule has 0 saturated heterocycles. The van der Waals surface area contributed by atoms with Crippen molar-refractivity contribution >= 4 is 17.5 Å². The van der Waals surface area contributed by atoms with Gasteiger partial charge in [0.05, 0.1) is 6.42 Å². The first-order chi connectivity index (χ1) is 10.5. The van der Waals surface area contributed by atoms with Crippen LogP contribution in [0, 0.1) is 6.92 Å². The Hall–Kier alpha value is -2.75. The Bertz CT molecular complexity index is 731. The summed E-state index contributed by atoms with van der Waals surface area (Å²) in [6.07, 6.45) is 0.0732. The number of rotatable bonds is 6. The monoisotopic (exact) mass is 296 g/mol. The molecule has 2 rings (SSSR count). The van der Waals surface area contributed by atoms with Crippen LogP contribution in [-0.4, -0.2) is 22.6 Å². The summed E-state index contributed by atoms with van der Waals surface area (Å²) in [7, 11) is 0.